The molecule has 0 N–H and O–H groups in total. The summed E-state index contributed by atoms with van der Waals surface area (Å²) < 4.78 is 2.15. The van der Waals surface area contributed by atoms with Gasteiger partial charge in [0.25, 0.3) is 0 Å². The standard InChI is InChI=1S/C24H26N4OS/c29-23(27-16-8-3-9-17-27)21(18-10-4-1-5-11-18)30-24-26-25-22(19-14-15-19)28(24)20-12-6-2-7-13-20/h1-2,4-7,10-13,19,21H,3,8-9,14-17H2/t21-/m0/s1. The fourth-order valence-corrected chi connectivity index (χ4v) is 5.20. The summed E-state index contributed by atoms with van der Waals surface area (Å²) in [6.07, 6.45) is 5.70. The van der Waals surface area contributed by atoms with Gasteiger partial charge in [-0.2, -0.15) is 0 Å². The third kappa shape index (κ3) is 4.01. The smallest absolute Gasteiger partial charge is 0.240 e. The SMILES string of the molecule is O=C([C@@H](Sc1nnc(C2CC2)n1-c1ccccc1)c1ccccc1)N1CCCCC1. The summed E-state index contributed by atoms with van der Waals surface area (Å²) in [5.74, 6) is 1.67. The summed E-state index contributed by atoms with van der Waals surface area (Å²) >= 11 is 1.53. The Morgan fingerprint density at radius 2 is 1.57 bits per heavy atom. The Hall–Kier alpha value is -2.60. The predicted octanol–water partition coefficient (Wildman–Crippen LogP) is 4.99. The minimum absolute atomic E-state index is 0.182. The molecule has 6 heteroatoms. The number of hydrogen-bond donors (Lipinski definition) is 0. The van der Waals surface area contributed by atoms with Gasteiger partial charge in [0.15, 0.2) is 5.16 Å². The molecule has 154 valence electrons. The molecule has 1 aliphatic carbocycles. The van der Waals surface area contributed by atoms with Crippen LogP contribution in [0.2, 0.25) is 0 Å². The molecule has 2 fully saturated rings. The second-order valence-electron chi connectivity index (χ2n) is 8.08. The van der Waals surface area contributed by atoms with E-state index in [9.17, 15) is 4.79 Å². The van der Waals surface area contributed by atoms with Crippen LogP contribution >= 0.6 is 11.8 Å². The van der Waals surface area contributed by atoms with Gasteiger partial charge in [-0.1, -0.05) is 60.3 Å². The Bertz CT molecular complexity index is 995. The normalized spacial score (nSPS) is 17.7. The van der Waals surface area contributed by atoms with Crippen molar-refractivity contribution in [1.82, 2.24) is 19.7 Å². The Morgan fingerprint density at radius 3 is 2.23 bits per heavy atom. The van der Waals surface area contributed by atoms with Crippen LogP contribution in [0.1, 0.15) is 54.7 Å². The maximum absolute atomic E-state index is 13.6. The Morgan fingerprint density at radius 1 is 0.900 bits per heavy atom. The van der Waals surface area contributed by atoms with Crippen molar-refractivity contribution < 1.29 is 4.79 Å². The van der Waals surface area contributed by atoms with Gasteiger partial charge in [-0.25, -0.2) is 0 Å². The second-order valence-corrected chi connectivity index (χ2v) is 9.15. The van der Waals surface area contributed by atoms with Crippen LogP contribution in [0, 0.1) is 0 Å². The molecule has 2 aromatic carbocycles. The summed E-state index contributed by atoms with van der Waals surface area (Å²) in [6, 6.07) is 20.4. The molecule has 1 atom stereocenters. The quantitative estimate of drug-likeness (QED) is 0.529. The highest BCUT2D eigenvalue weighted by Gasteiger charge is 2.34. The van der Waals surface area contributed by atoms with Crippen molar-refractivity contribution in [2.45, 2.75) is 48.4 Å². The lowest BCUT2D eigenvalue weighted by atomic mass is 10.1. The number of likely N-dealkylation sites (tertiary alicyclic amines) is 1. The van der Waals surface area contributed by atoms with Gasteiger partial charge in [-0.15, -0.1) is 10.2 Å². The molecular formula is C24H26N4OS. The van der Waals surface area contributed by atoms with Crippen molar-refractivity contribution in [3.8, 4) is 5.69 Å². The van der Waals surface area contributed by atoms with E-state index >= 15 is 0 Å². The molecule has 2 heterocycles. The van der Waals surface area contributed by atoms with Crippen LogP contribution in [0.25, 0.3) is 5.69 Å². The number of amides is 1. The van der Waals surface area contributed by atoms with Gasteiger partial charge in [0.05, 0.1) is 0 Å². The van der Waals surface area contributed by atoms with Crippen molar-refractivity contribution in [1.29, 1.82) is 0 Å². The minimum atomic E-state index is -0.317. The van der Waals surface area contributed by atoms with Crippen molar-refractivity contribution in [3.63, 3.8) is 0 Å². The van der Waals surface area contributed by atoms with E-state index < -0.39 is 0 Å². The number of carbonyl (C=O) groups excluding carboxylic acids is 1. The number of aromatic nitrogens is 3. The summed E-state index contributed by atoms with van der Waals surface area (Å²) in [6.45, 7) is 1.70. The first-order valence-corrected chi connectivity index (χ1v) is 11.7. The first-order chi connectivity index (χ1) is 14.8. The zero-order chi connectivity index (χ0) is 20.3. The summed E-state index contributed by atoms with van der Waals surface area (Å²) in [5, 5.41) is 9.57. The molecule has 0 radical (unpaired) electrons. The highest BCUT2D eigenvalue weighted by molar-refractivity contribution is 8.00. The number of piperidine rings is 1. The summed E-state index contributed by atoms with van der Waals surface area (Å²) in [5.41, 5.74) is 2.08. The van der Waals surface area contributed by atoms with Crippen LogP contribution in [0.4, 0.5) is 0 Å². The molecule has 30 heavy (non-hydrogen) atoms. The van der Waals surface area contributed by atoms with Gasteiger partial charge in [-0.3, -0.25) is 9.36 Å². The monoisotopic (exact) mass is 418 g/mol. The maximum atomic E-state index is 13.6. The lowest BCUT2D eigenvalue weighted by Gasteiger charge is -2.30. The summed E-state index contributed by atoms with van der Waals surface area (Å²) in [7, 11) is 0. The third-order valence-corrected chi connectivity index (χ3v) is 7.02. The zero-order valence-corrected chi connectivity index (χ0v) is 17.8. The third-order valence-electron chi connectivity index (χ3n) is 5.83. The molecule has 3 aromatic rings. The number of benzene rings is 2. The van der Waals surface area contributed by atoms with E-state index in [1.54, 1.807) is 0 Å². The van der Waals surface area contributed by atoms with Gasteiger partial charge in [0.1, 0.15) is 11.1 Å². The number of rotatable bonds is 6. The molecular weight excluding hydrogens is 392 g/mol. The fraction of sp³-hybridized carbons (Fsp3) is 0.375. The molecule has 1 aromatic heterocycles. The molecule has 1 aliphatic heterocycles. The largest absolute Gasteiger partial charge is 0.341 e. The van der Waals surface area contributed by atoms with Crippen molar-refractivity contribution in [3.05, 3.63) is 72.1 Å². The van der Waals surface area contributed by atoms with Crippen LogP contribution in [0.3, 0.4) is 0 Å². The minimum Gasteiger partial charge on any atom is -0.341 e. The predicted molar refractivity (Wildman–Crippen MR) is 119 cm³/mol. The van der Waals surface area contributed by atoms with E-state index in [1.165, 1.54) is 18.2 Å². The van der Waals surface area contributed by atoms with Crippen LogP contribution < -0.4 is 0 Å². The van der Waals surface area contributed by atoms with Gasteiger partial charge in [-0.05, 0) is 49.8 Å². The Labute approximate surface area is 181 Å². The van der Waals surface area contributed by atoms with E-state index in [2.05, 4.69) is 26.9 Å². The average molecular weight is 419 g/mol. The van der Waals surface area contributed by atoms with Gasteiger partial charge < -0.3 is 4.90 Å². The van der Waals surface area contributed by atoms with Crippen molar-refractivity contribution in [2.75, 3.05) is 13.1 Å². The number of nitrogens with zero attached hydrogens (tertiary/aromatic N) is 4. The van der Waals surface area contributed by atoms with Crippen molar-refractivity contribution >= 4 is 17.7 Å². The summed E-state index contributed by atoms with van der Waals surface area (Å²) in [4.78, 5) is 15.6. The Kier molecular flexibility index (Phi) is 5.58. The first kappa shape index (κ1) is 19.4. The maximum Gasteiger partial charge on any atom is 0.240 e. The van der Waals surface area contributed by atoms with Crippen LogP contribution in [0.15, 0.2) is 65.8 Å². The van der Waals surface area contributed by atoms with Crippen LogP contribution in [-0.4, -0.2) is 38.7 Å². The number of para-hydroxylation sites is 1. The number of carbonyl (C=O) groups is 1. The van der Waals surface area contributed by atoms with Crippen molar-refractivity contribution in [2.24, 2.45) is 0 Å². The fourth-order valence-electron chi connectivity index (χ4n) is 4.06. The lowest BCUT2D eigenvalue weighted by Crippen LogP contribution is -2.38. The van der Waals surface area contributed by atoms with E-state index in [0.29, 0.717) is 5.92 Å². The molecule has 0 spiro atoms. The molecule has 0 bridgehead atoms. The first-order valence-electron chi connectivity index (χ1n) is 10.8. The van der Waals surface area contributed by atoms with E-state index in [4.69, 9.17) is 0 Å². The molecule has 5 rings (SSSR count). The molecule has 1 amide bonds. The van der Waals surface area contributed by atoms with Gasteiger partial charge in [0, 0.05) is 24.7 Å². The van der Waals surface area contributed by atoms with Crippen LogP contribution in [0.5, 0.6) is 0 Å². The molecule has 0 unspecified atom stereocenters. The van der Waals surface area contributed by atoms with E-state index in [0.717, 1.165) is 61.0 Å². The van der Waals surface area contributed by atoms with E-state index in [1.807, 2.05) is 53.4 Å². The molecule has 1 saturated heterocycles. The Balaban J connectivity index is 1.51. The van der Waals surface area contributed by atoms with E-state index in [-0.39, 0.29) is 11.2 Å². The van der Waals surface area contributed by atoms with Gasteiger partial charge >= 0.3 is 0 Å². The molecule has 5 nitrogen and oxygen atoms in total. The zero-order valence-electron chi connectivity index (χ0n) is 17.0. The molecule has 2 aliphatic rings. The second kappa shape index (κ2) is 8.64. The average Bonchev–Trinajstić information content (AvgIpc) is 3.58. The lowest BCUT2D eigenvalue weighted by molar-refractivity contribution is -0.131. The van der Waals surface area contributed by atoms with Gasteiger partial charge in [0.2, 0.25) is 5.91 Å². The highest BCUT2D eigenvalue weighted by Crippen LogP contribution is 2.43. The highest BCUT2D eigenvalue weighted by atomic mass is 32.2. The topological polar surface area (TPSA) is 51.0 Å². The number of thioether (sulfide) groups is 1. The number of hydrogen-bond acceptors (Lipinski definition) is 4. The molecule has 1 saturated carbocycles. The van der Waals surface area contributed by atoms with Crippen LogP contribution in [-0.2, 0) is 4.79 Å².